The van der Waals surface area contributed by atoms with E-state index in [0.717, 1.165) is 25.7 Å². The van der Waals surface area contributed by atoms with Gasteiger partial charge in [0.2, 0.25) is 0 Å². The summed E-state index contributed by atoms with van der Waals surface area (Å²) in [5.74, 6) is 1.51. The topological polar surface area (TPSA) is 44.8 Å². The molecule has 4 heteroatoms. The van der Waals surface area contributed by atoms with Crippen molar-refractivity contribution in [3.63, 3.8) is 0 Å². The smallest absolute Gasteiger partial charge is 0.306 e. The quantitative estimate of drug-likeness (QED) is 0.723. The predicted molar refractivity (Wildman–Crippen MR) is 88.1 cm³/mol. The number of hydrogen-bond donors (Lipinski definition) is 0. The molecular formula is C19H32O4. The first-order valence-electron chi connectivity index (χ1n) is 9.36. The third-order valence-electron chi connectivity index (χ3n) is 5.74. The van der Waals surface area contributed by atoms with E-state index in [9.17, 15) is 4.79 Å². The zero-order valence-corrected chi connectivity index (χ0v) is 15.2. The molecule has 0 spiro atoms. The Bertz CT molecular complexity index is 441. The van der Waals surface area contributed by atoms with Gasteiger partial charge in [-0.1, -0.05) is 13.8 Å². The van der Waals surface area contributed by atoms with E-state index in [2.05, 4.69) is 13.8 Å². The predicted octanol–water partition coefficient (Wildman–Crippen LogP) is 3.72. The first-order valence-corrected chi connectivity index (χ1v) is 9.36. The van der Waals surface area contributed by atoms with Crippen LogP contribution in [0, 0.1) is 17.8 Å². The molecule has 0 amide bonds. The molecule has 2 bridgehead atoms. The van der Waals surface area contributed by atoms with Gasteiger partial charge >= 0.3 is 5.97 Å². The molecule has 0 N–H and O–H groups in total. The number of ether oxygens (including phenoxy) is 3. The van der Waals surface area contributed by atoms with Crippen LogP contribution in [0.15, 0.2) is 0 Å². The first kappa shape index (κ1) is 17.2. The third-order valence-corrected chi connectivity index (χ3v) is 5.74. The molecule has 0 radical (unpaired) electrons. The van der Waals surface area contributed by atoms with Crippen LogP contribution in [0.25, 0.3) is 0 Å². The van der Waals surface area contributed by atoms with Crippen molar-refractivity contribution in [2.24, 2.45) is 17.8 Å². The molecule has 4 nitrogen and oxygen atoms in total. The van der Waals surface area contributed by atoms with Crippen molar-refractivity contribution in [2.75, 3.05) is 0 Å². The molecule has 23 heavy (non-hydrogen) atoms. The summed E-state index contributed by atoms with van der Waals surface area (Å²) in [5.41, 5.74) is -0.395. The van der Waals surface area contributed by atoms with Gasteiger partial charge in [-0.25, -0.2) is 0 Å². The maximum Gasteiger partial charge on any atom is 0.306 e. The highest BCUT2D eigenvalue weighted by Gasteiger charge is 2.61. The van der Waals surface area contributed by atoms with Gasteiger partial charge in [-0.2, -0.15) is 0 Å². The van der Waals surface area contributed by atoms with Crippen LogP contribution in [-0.4, -0.2) is 36.0 Å². The molecule has 7 atom stereocenters. The Hall–Kier alpha value is -0.610. The minimum Gasteiger partial charge on any atom is -0.460 e. The maximum atomic E-state index is 12.0. The lowest BCUT2D eigenvalue weighted by atomic mass is 9.69. The second-order valence-electron chi connectivity index (χ2n) is 8.44. The van der Waals surface area contributed by atoms with Crippen molar-refractivity contribution >= 4 is 5.97 Å². The number of rotatable bonds is 5. The van der Waals surface area contributed by atoms with Crippen LogP contribution < -0.4 is 0 Å². The molecule has 0 aromatic carbocycles. The largest absolute Gasteiger partial charge is 0.460 e. The number of carbonyl (C=O) groups excluding carboxylic acids is 1. The summed E-state index contributed by atoms with van der Waals surface area (Å²) in [7, 11) is 0. The Morgan fingerprint density at radius 3 is 2.35 bits per heavy atom. The normalized spacial score (nSPS) is 42.0. The average molecular weight is 324 g/mol. The molecule has 3 aliphatic rings. The molecule has 132 valence electrons. The highest BCUT2D eigenvalue weighted by Crippen LogP contribution is 2.56. The van der Waals surface area contributed by atoms with Crippen LogP contribution >= 0.6 is 0 Å². The van der Waals surface area contributed by atoms with Crippen LogP contribution in [0.5, 0.6) is 0 Å². The Labute approximate surface area is 140 Å². The zero-order chi connectivity index (χ0) is 16.8. The highest BCUT2D eigenvalue weighted by molar-refractivity contribution is 5.69. The Morgan fingerprint density at radius 1 is 1.09 bits per heavy atom. The Kier molecular flexibility index (Phi) is 4.76. The standard InChI is InChI=1S/C19H32O4/c1-6-12-16-14-10-11(8-9-15(20)23-19(3,4)5)18(22-14)17(16)13(7-2)21-12/h11-14,16-18H,6-10H2,1-5H3. The fraction of sp³-hybridized carbons (Fsp3) is 0.947. The van der Waals surface area contributed by atoms with Crippen molar-refractivity contribution in [3.8, 4) is 0 Å². The molecule has 0 aliphatic carbocycles. The molecule has 0 aromatic heterocycles. The summed E-state index contributed by atoms with van der Waals surface area (Å²) in [5, 5.41) is 0. The van der Waals surface area contributed by atoms with Crippen LogP contribution in [0.2, 0.25) is 0 Å². The molecule has 7 unspecified atom stereocenters. The van der Waals surface area contributed by atoms with E-state index in [1.54, 1.807) is 0 Å². The van der Waals surface area contributed by atoms with Crippen molar-refractivity contribution < 1.29 is 19.0 Å². The first-order chi connectivity index (χ1) is 10.8. The van der Waals surface area contributed by atoms with Gasteiger partial charge in [0.1, 0.15) is 5.60 Å². The molecule has 3 aliphatic heterocycles. The summed E-state index contributed by atoms with van der Waals surface area (Å²) in [6, 6.07) is 0. The summed E-state index contributed by atoms with van der Waals surface area (Å²) in [6.45, 7) is 10.2. The van der Waals surface area contributed by atoms with Crippen molar-refractivity contribution in [1.29, 1.82) is 0 Å². The van der Waals surface area contributed by atoms with E-state index < -0.39 is 5.60 Å². The van der Waals surface area contributed by atoms with E-state index in [4.69, 9.17) is 14.2 Å². The molecule has 0 saturated carbocycles. The number of esters is 1. The van der Waals surface area contributed by atoms with E-state index in [0.29, 0.717) is 42.5 Å². The van der Waals surface area contributed by atoms with Crippen LogP contribution in [0.3, 0.4) is 0 Å². The second kappa shape index (κ2) is 6.36. The SMILES string of the molecule is CCC1OC(CC)C2C3OC(CC3CCC(=O)OC(C)(C)C)C12. The lowest BCUT2D eigenvalue weighted by Crippen LogP contribution is -2.37. The number of carbonyl (C=O) groups is 1. The van der Waals surface area contributed by atoms with E-state index >= 15 is 0 Å². The third kappa shape index (κ3) is 3.30. The fourth-order valence-electron chi connectivity index (χ4n) is 4.99. The van der Waals surface area contributed by atoms with Crippen molar-refractivity contribution in [3.05, 3.63) is 0 Å². The van der Waals surface area contributed by atoms with E-state index in [1.807, 2.05) is 20.8 Å². The molecule has 3 fully saturated rings. The van der Waals surface area contributed by atoms with Gasteiger partial charge in [0, 0.05) is 18.3 Å². The minimum absolute atomic E-state index is 0.0852. The monoisotopic (exact) mass is 324 g/mol. The van der Waals surface area contributed by atoms with E-state index in [1.165, 1.54) is 0 Å². The van der Waals surface area contributed by atoms with Crippen molar-refractivity contribution in [1.82, 2.24) is 0 Å². The molecule has 3 rings (SSSR count). The molecule has 3 heterocycles. The van der Waals surface area contributed by atoms with Crippen LogP contribution in [0.4, 0.5) is 0 Å². The maximum absolute atomic E-state index is 12.0. The van der Waals surface area contributed by atoms with Crippen LogP contribution in [-0.2, 0) is 19.0 Å². The summed E-state index contributed by atoms with van der Waals surface area (Å²) in [4.78, 5) is 12.0. The molecule has 3 saturated heterocycles. The zero-order valence-electron chi connectivity index (χ0n) is 15.2. The van der Waals surface area contributed by atoms with Gasteiger partial charge in [-0.3, -0.25) is 4.79 Å². The van der Waals surface area contributed by atoms with Crippen molar-refractivity contribution in [2.45, 2.75) is 96.7 Å². The fourth-order valence-corrected chi connectivity index (χ4v) is 4.99. The average Bonchev–Trinajstić information content (AvgIpc) is 3.12. The van der Waals surface area contributed by atoms with E-state index in [-0.39, 0.29) is 12.1 Å². The summed E-state index contributed by atoms with van der Waals surface area (Å²) < 4.78 is 18.0. The Balaban J connectivity index is 1.58. The van der Waals surface area contributed by atoms with Gasteiger partial charge in [0.25, 0.3) is 0 Å². The van der Waals surface area contributed by atoms with Gasteiger partial charge in [0.15, 0.2) is 0 Å². The number of hydrogen-bond acceptors (Lipinski definition) is 4. The lowest BCUT2D eigenvalue weighted by Gasteiger charge is -2.30. The highest BCUT2D eigenvalue weighted by atomic mass is 16.6. The van der Waals surface area contributed by atoms with Gasteiger partial charge < -0.3 is 14.2 Å². The lowest BCUT2D eigenvalue weighted by molar-refractivity contribution is -0.155. The minimum atomic E-state index is -0.395. The van der Waals surface area contributed by atoms with Gasteiger partial charge in [-0.05, 0) is 52.4 Å². The summed E-state index contributed by atoms with van der Waals surface area (Å²) >= 11 is 0. The van der Waals surface area contributed by atoms with Gasteiger partial charge in [0.05, 0.1) is 24.4 Å². The molecule has 0 aromatic rings. The van der Waals surface area contributed by atoms with Gasteiger partial charge in [-0.15, -0.1) is 0 Å². The molecular weight excluding hydrogens is 292 g/mol. The number of fused-ring (bicyclic) bond motifs is 5. The Morgan fingerprint density at radius 2 is 1.74 bits per heavy atom. The summed E-state index contributed by atoms with van der Waals surface area (Å²) in [6.07, 6.45) is 5.94. The second-order valence-corrected chi connectivity index (χ2v) is 8.44. The van der Waals surface area contributed by atoms with Crippen LogP contribution in [0.1, 0.15) is 66.7 Å².